The molecule has 0 atom stereocenters. The number of nitrogens with one attached hydrogen (secondary N) is 1. The summed E-state index contributed by atoms with van der Waals surface area (Å²) in [5.74, 6) is -0.225. The lowest BCUT2D eigenvalue weighted by atomic mass is 10.3. The summed E-state index contributed by atoms with van der Waals surface area (Å²) in [6.45, 7) is -0.00511. The van der Waals surface area contributed by atoms with Crippen molar-refractivity contribution in [3.63, 3.8) is 0 Å². The van der Waals surface area contributed by atoms with Gasteiger partial charge in [-0.15, -0.1) is 0 Å². The van der Waals surface area contributed by atoms with Gasteiger partial charge in [-0.2, -0.15) is 0 Å². The number of para-hydroxylation sites is 1. The van der Waals surface area contributed by atoms with Crippen molar-refractivity contribution < 1.29 is 4.79 Å². The largest absolute Gasteiger partial charge is 0.346 e. The summed E-state index contributed by atoms with van der Waals surface area (Å²) in [6.07, 6.45) is 3.48. The molecule has 0 aliphatic carbocycles. The summed E-state index contributed by atoms with van der Waals surface area (Å²) in [7, 11) is 1.82. The Morgan fingerprint density at radius 1 is 1.10 bits per heavy atom. The predicted molar refractivity (Wildman–Crippen MR) is 82.3 cm³/mol. The van der Waals surface area contributed by atoms with Crippen LogP contribution in [-0.4, -0.2) is 15.0 Å². The highest BCUT2D eigenvalue weighted by Crippen LogP contribution is 2.10. The van der Waals surface area contributed by atoms with Crippen LogP contribution in [0.25, 0.3) is 10.9 Å². The fourth-order valence-electron chi connectivity index (χ4n) is 2.33. The van der Waals surface area contributed by atoms with E-state index in [0.717, 1.165) is 11.1 Å². The van der Waals surface area contributed by atoms with Gasteiger partial charge in [0.1, 0.15) is 12.1 Å². The van der Waals surface area contributed by atoms with Crippen molar-refractivity contribution in [3.8, 4) is 0 Å². The van der Waals surface area contributed by atoms with Crippen LogP contribution in [0.5, 0.6) is 0 Å². The zero-order valence-corrected chi connectivity index (χ0v) is 11.6. The Balaban J connectivity index is 1.85. The number of hydrogen-bond donors (Lipinski definition) is 1. The molecule has 1 N–H and O–H groups in total. The molecule has 1 amide bonds. The zero-order chi connectivity index (χ0) is 14.8. The van der Waals surface area contributed by atoms with Gasteiger partial charge in [-0.1, -0.05) is 18.2 Å². The van der Waals surface area contributed by atoms with Gasteiger partial charge in [0.15, 0.2) is 0 Å². The number of pyridine rings is 1. The van der Waals surface area contributed by atoms with Gasteiger partial charge in [0.05, 0.1) is 0 Å². The van der Waals surface area contributed by atoms with Crippen LogP contribution >= 0.6 is 0 Å². The molecule has 0 saturated heterocycles. The van der Waals surface area contributed by atoms with Crippen LogP contribution in [-0.2, 0) is 18.4 Å². The lowest BCUT2D eigenvalue weighted by Gasteiger charge is -2.08. The first-order valence-electron chi connectivity index (χ1n) is 6.64. The average Bonchev–Trinajstić information content (AvgIpc) is 2.85. The second kappa shape index (κ2) is 5.28. The van der Waals surface area contributed by atoms with E-state index in [1.54, 1.807) is 22.9 Å². The monoisotopic (exact) mass is 281 g/mol. The number of amides is 1. The van der Waals surface area contributed by atoms with Gasteiger partial charge in [-0.05, 0) is 24.3 Å². The van der Waals surface area contributed by atoms with Gasteiger partial charge in [-0.25, -0.2) is 0 Å². The summed E-state index contributed by atoms with van der Waals surface area (Å²) in [6, 6.07) is 12.9. The van der Waals surface area contributed by atoms with Gasteiger partial charge in [0.2, 0.25) is 5.91 Å². The molecule has 0 saturated carbocycles. The van der Waals surface area contributed by atoms with Crippen molar-refractivity contribution in [1.82, 2.24) is 9.13 Å². The van der Waals surface area contributed by atoms with Crippen LogP contribution in [0, 0.1) is 0 Å². The van der Waals surface area contributed by atoms with E-state index in [1.165, 1.54) is 4.57 Å². The maximum absolute atomic E-state index is 12.4. The smallest absolute Gasteiger partial charge is 0.275 e. The predicted octanol–water partition coefficient (Wildman–Crippen LogP) is 1.98. The minimum atomic E-state index is -0.225. The van der Waals surface area contributed by atoms with Crippen LogP contribution in [0.4, 0.5) is 5.69 Å². The van der Waals surface area contributed by atoms with Crippen molar-refractivity contribution in [2.45, 2.75) is 6.54 Å². The van der Waals surface area contributed by atoms with E-state index in [2.05, 4.69) is 5.32 Å². The highest BCUT2D eigenvalue weighted by atomic mass is 16.2. The SMILES string of the molecule is Cn1ccc2ccn(CC(=O)Nc3ccccc3)c(=O)c21. The first-order chi connectivity index (χ1) is 10.1. The Bertz CT molecular complexity index is 847. The third kappa shape index (κ3) is 2.58. The lowest BCUT2D eigenvalue weighted by molar-refractivity contribution is -0.116. The van der Waals surface area contributed by atoms with E-state index >= 15 is 0 Å². The molecule has 5 nitrogen and oxygen atoms in total. The standard InChI is InChI=1S/C16H15N3O2/c1-18-9-7-12-8-10-19(16(21)15(12)18)11-14(20)17-13-5-3-2-4-6-13/h2-10H,11H2,1H3,(H,17,20). The van der Waals surface area contributed by atoms with E-state index in [0.29, 0.717) is 5.52 Å². The van der Waals surface area contributed by atoms with E-state index in [9.17, 15) is 9.59 Å². The topological polar surface area (TPSA) is 56.0 Å². The molecule has 1 aromatic carbocycles. The Labute approximate surface area is 121 Å². The number of carbonyl (C=O) groups is 1. The highest BCUT2D eigenvalue weighted by Gasteiger charge is 2.09. The van der Waals surface area contributed by atoms with Crippen LogP contribution in [0.3, 0.4) is 0 Å². The van der Waals surface area contributed by atoms with Crippen molar-refractivity contribution in [3.05, 3.63) is 65.2 Å². The second-order valence-electron chi connectivity index (χ2n) is 4.89. The number of aryl methyl sites for hydroxylation is 1. The summed E-state index contributed by atoms with van der Waals surface area (Å²) >= 11 is 0. The average molecular weight is 281 g/mol. The first kappa shape index (κ1) is 13.2. The Hall–Kier alpha value is -2.82. The number of rotatable bonds is 3. The van der Waals surface area contributed by atoms with Gasteiger partial charge >= 0.3 is 0 Å². The fraction of sp³-hybridized carbons (Fsp3) is 0.125. The molecule has 5 heteroatoms. The Morgan fingerprint density at radius 3 is 2.57 bits per heavy atom. The van der Waals surface area contributed by atoms with Crippen LogP contribution in [0.15, 0.2) is 59.7 Å². The van der Waals surface area contributed by atoms with Gasteiger partial charge in [0.25, 0.3) is 5.56 Å². The summed E-state index contributed by atoms with van der Waals surface area (Å²) < 4.78 is 3.18. The lowest BCUT2D eigenvalue weighted by Crippen LogP contribution is -2.27. The van der Waals surface area contributed by atoms with E-state index < -0.39 is 0 Å². The maximum atomic E-state index is 12.4. The molecule has 0 aliphatic rings. The molecule has 0 spiro atoms. The minimum absolute atomic E-state index is 0.00511. The summed E-state index contributed by atoms with van der Waals surface area (Å²) in [5, 5.41) is 3.65. The molecule has 2 heterocycles. The molecular weight excluding hydrogens is 266 g/mol. The van der Waals surface area contributed by atoms with Gasteiger partial charge in [0, 0.05) is 30.5 Å². The van der Waals surface area contributed by atoms with Crippen LogP contribution in [0.1, 0.15) is 0 Å². The minimum Gasteiger partial charge on any atom is -0.346 e. The van der Waals surface area contributed by atoms with Gasteiger partial charge in [-0.3, -0.25) is 9.59 Å². The molecule has 0 fully saturated rings. The number of carbonyl (C=O) groups excluding carboxylic acids is 1. The van der Waals surface area contributed by atoms with E-state index in [4.69, 9.17) is 0 Å². The highest BCUT2D eigenvalue weighted by molar-refractivity contribution is 5.90. The summed E-state index contributed by atoms with van der Waals surface area (Å²) in [5.41, 5.74) is 1.16. The van der Waals surface area contributed by atoms with E-state index in [1.807, 2.05) is 43.6 Å². The van der Waals surface area contributed by atoms with Crippen LogP contribution < -0.4 is 10.9 Å². The van der Waals surface area contributed by atoms with Crippen molar-refractivity contribution in [2.75, 3.05) is 5.32 Å². The number of fused-ring (bicyclic) bond motifs is 1. The van der Waals surface area contributed by atoms with Crippen LogP contribution in [0.2, 0.25) is 0 Å². The molecule has 0 aliphatic heterocycles. The second-order valence-corrected chi connectivity index (χ2v) is 4.89. The third-order valence-corrected chi connectivity index (χ3v) is 3.37. The Kier molecular flexibility index (Phi) is 3.31. The van der Waals surface area contributed by atoms with Crippen molar-refractivity contribution >= 4 is 22.5 Å². The molecule has 3 rings (SSSR count). The molecule has 0 bridgehead atoms. The molecule has 0 unspecified atom stereocenters. The molecule has 21 heavy (non-hydrogen) atoms. The number of aromatic nitrogens is 2. The van der Waals surface area contributed by atoms with Crippen molar-refractivity contribution in [1.29, 1.82) is 0 Å². The molecular formula is C16H15N3O2. The zero-order valence-electron chi connectivity index (χ0n) is 11.6. The van der Waals surface area contributed by atoms with Crippen molar-refractivity contribution in [2.24, 2.45) is 7.05 Å². The molecule has 2 aromatic heterocycles. The maximum Gasteiger partial charge on any atom is 0.275 e. The number of benzene rings is 1. The fourth-order valence-corrected chi connectivity index (χ4v) is 2.33. The molecule has 3 aromatic rings. The molecule has 0 radical (unpaired) electrons. The Morgan fingerprint density at radius 2 is 1.81 bits per heavy atom. The quantitative estimate of drug-likeness (QED) is 0.798. The first-order valence-corrected chi connectivity index (χ1v) is 6.64. The van der Waals surface area contributed by atoms with Gasteiger partial charge < -0.3 is 14.5 Å². The summed E-state index contributed by atoms with van der Waals surface area (Å²) in [4.78, 5) is 24.4. The third-order valence-electron chi connectivity index (χ3n) is 3.37. The molecule has 106 valence electrons. The van der Waals surface area contributed by atoms with E-state index in [-0.39, 0.29) is 18.0 Å². The number of anilines is 1. The normalized spacial score (nSPS) is 10.7. The number of nitrogens with zero attached hydrogens (tertiary/aromatic N) is 2. The number of hydrogen-bond acceptors (Lipinski definition) is 2.